The van der Waals surface area contributed by atoms with Gasteiger partial charge in [0.2, 0.25) is 0 Å². The lowest BCUT2D eigenvalue weighted by Gasteiger charge is -2.23. The van der Waals surface area contributed by atoms with E-state index < -0.39 is 17.9 Å². The minimum absolute atomic E-state index is 0.00316. The Kier molecular flexibility index (Phi) is 3.13. The van der Waals surface area contributed by atoms with Crippen molar-refractivity contribution in [1.29, 1.82) is 0 Å². The second-order valence-corrected chi connectivity index (χ2v) is 3.25. The first-order chi connectivity index (χ1) is 5.66. The Balaban J connectivity index is 2.87. The number of ether oxygens (including phenoxy) is 1. The number of nitrogens with zero attached hydrogens (tertiary/aromatic N) is 3. The molecule has 68 valence electrons. The number of hydrogen-bond acceptors (Lipinski definition) is 4. The number of halogens is 1. The summed E-state index contributed by atoms with van der Waals surface area (Å²) in [6.45, 7) is 0.00316. The molecule has 1 rings (SSSR count). The normalized spacial score (nSPS) is 40.9. The average Bonchev–Trinajstić information content (AvgIpc) is 2.35. The van der Waals surface area contributed by atoms with E-state index in [4.69, 9.17) is 15.4 Å². The third kappa shape index (κ3) is 1.50. The number of alkyl halides is 1. The maximum Gasteiger partial charge on any atom is 0.184 e. The zero-order valence-electron chi connectivity index (χ0n) is 6.09. The van der Waals surface area contributed by atoms with Gasteiger partial charge in [-0.3, -0.25) is 0 Å². The van der Waals surface area contributed by atoms with Crippen LogP contribution in [0.25, 0.3) is 10.4 Å². The Morgan fingerprint density at radius 2 is 2.42 bits per heavy atom. The van der Waals surface area contributed by atoms with Crippen LogP contribution in [0.15, 0.2) is 5.11 Å². The smallest absolute Gasteiger partial charge is 0.184 e. The van der Waals surface area contributed by atoms with E-state index in [9.17, 15) is 5.11 Å². The fourth-order valence-corrected chi connectivity index (χ4v) is 1.84. The van der Waals surface area contributed by atoms with E-state index in [1.165, 1.54) is 0 Å². The molecule has 0 aromatic heterocycles. The monoisotopic (exact) mass is 285 g/mol. The lowest BCUT2D eigenvalue weighted by molar-refractivity contribution is -0.0396. The highest BCUT2D eigenvalue weighted by atomic mass is 127. The third-order valence-electron chi connectivity index (χ3n) is 1.74. The van der Waals surface area contributed by atoms with Crippen molar-refractivity contribution in [2.45, 2.75) is 17.9 Å². The fourth-order valence-electron chi connectivity index (χ4n) is 1.01. The van der Waals surface area contributed by atoms with E-state index in [1.807, 2.05) is 22.6 Å². The van der Waals surface area contributed by atoms with Gasteiger partial charge in [0.15, 0.2) is 5.72 Å². The van der Waals surface area contributed by atoms with Gasteiger partial charge < -0.3 is 14.9 Å². The molecule has 1 fully saturated rings. The lowest BCUT2D eigenvalue weighted by atomic mass is 10.1. The zero-order valence-corrected chi connectivity index (χ0v) is 8.25. The fraction of sp³-hybridized carbons (Fsp3) is 1.00. The van der Waals surface area contributed by atoms with Gasteiger partial charge in [-0.15, -0.1) is 0 Å². The first-order valence-electron chi connectivity index (χ1n) is 3.28. The molecule has 1 saturated heterocycles. The summed E-state index contributed by atoms with van der Waals surface area (Å²) in [7, 11) is 0. The van der Waals surface area contributed by atoms with Crippen LogP contribution in [0.5, 0.6) is 0 Å². The Hall–Kier alpha value is -0.0800. The Labute approximate surface area is 82.3 Å². The van der Waals surface area contributed by atoms with Gasteiger partial charge in [0.05, 0.1) is 6.61 Å². The molecule has 1 aliphatic rings. The van der Waals surface area contributed by atoms with Crippen molar-refractivity contribution >= 4 is 22.6 Å². The predicted octanol–water partition coefficient (Wildman–Crippen LogP) is 0.180. The standard InChI is InChI=1S/C5H8IN3O3/c6-2-5(8-9-7)4(11)3(10)1-12-5/h3-4,10-11H,1-2H2/t3-,4-,5+/m0/s1. The Morgan fingerprint density at radius 3 is 2.75 bits per heavy atom. The number of azide groups is 1. The lowest BCUT2D eigenvalue weighted by Crippen LogP contribution is -2.42. The maximum atomic E-state index is 9.39. The number of hydrogen-bond donors (Lipinski definition) is 2. The summed E-state index contributed by atoms with van der Waals surface area (Å²) in [5.74, 6) is 0. The highest BCUT2D eigenvalue weighted by Gasteiger charge is 2.47. The van der Waals surface area contributed by atoms with E-state index >= 15 is 0 Å². The molecule has 12 heavy (non-hydrogen) atoms. The van der Waals surface area contributed by atoms with Crippen molar-refractivity contribution in [3.8, 4) is 0 Å². The predicted molar refractivity (Wildman–Crippen MR) is 48.7 cm³/mol. The summed E-state index contributed by atoms with van der Waals surface area (Å²) in [5, 5.41) is 21.9. The van der Waals surface area contributed by atoms with Crippen LogP contribution >= 0.6 is 22.6 Å². The summed E-state index contributed by atoms with van der Waals surface area (Å²) >= 11 is 1.93. The van der Waals surface area contributed by atoms with Crippen LogP contribution in [0, 0.1) is 0 Å². The quantitative estimate of drug-likeness (QED) is 0.249. The summed E-state index contributed by atoms with van der Waals surface area (Å²) in [4.78, 5) is 2.57. The molecule has 0 saturated carbocycles. The molecule has 2 N–H and O–H groups in total. The molecule has 0 radical (unpaired) electrons. The van der Waals surface area contributed by atoms with Crippen LogP contribution in [0.3, 0.4) is 0 Å². The molecule has 3 atom stereocenters. The van der Waals surface area contributed by atoms with Crippen LogP contribution in [0.2, 0.25) is 0 Å². The Bertz CT molecular complexity index is 220. The van der Waals surface area contributed by atoms with E-state index in [-0.39, 0.29) is 6.61 Å². The van der Waals surface area contributed by atoms with Gasteiger partial charge in [-0.1, -0.05) is 27.7 Å². The number of aliphatic hydroxyl groups excluding tert-OH is 2. The molecule has 6 nitrogen and oxygen atoms in total. The molecule has 0 aliphatic carbocycles. The molecule has 0 bridgehead atoms. The summed E-state index contributed by atoms with van der Waals surface area (Å²) in [6.07, 6.45) is -2.10. The highest BCUT2D eigenvalue weighted by Crippen LogP contribution is 2.30. The van der Waals surface area contributed by atoms with Crippen molar-refractivity contribution < 1.29 is 14.9 Å². The molecule has 0 aromatic rings. The SMILES string of the molecule is [N-]=[N+]=N[C@]1(CI)OC[C@H](O)[C@@H]1O. The third-order valence-corrected chi connectivity index (χ3v) is 2.83. The molecule has 7 heteroatoms. The van der Waals surface area contributed by atoms with Gasteiger partial charge in [0, 0.05) is 9.34 Å². The summed E-state index contributed by atoms with van der Waals surface area (Å²) < 4.78 is 5.34. The van der Waals surface area contributed by atoms with Gasteiger partial charge in [-0.2, -0.15) is 0 Å². The van der Waals surface area contributed by atoms with E-state index in [1.54, 1.807) is 0 Å². The van der Waals surface area contributed by atoms with Crippen LogP contribution in [0.4, 0.5) is 0 Å². The van der Waals surface area contributed by atoms with Crippen molar-refractivity contribution in [2.75, 3.05) is 11.0 Å². The molecule has 0 spiro atoms. The van der Waals surface area contributed by atoms with Gasteiger partial charge in [0.25, 0.3) is 0 Å². The second kappa shape index (κ2) is 3.75. The molecular formula is C5H8IN3O3. The average molecular weight is 285 g/mol. The molecule has 0 unspecified atom stereocenters. The first kappa shape index (κ1) is 10.0. The second-order valence-electron chi connectivity index (χ2n) is 2.49. The molecule has 0 amide bonds. The Morgan fingerprint density at radius 1 is 1.75 bits per heavy atom. The van der Waals surface area contributed by atoms with Crippen molar-refractivity contribution in [3.05, 3.63) is 10.4 Å². The summed E-state index contributed by atoms with van der Waals surface area (Å²) in [5.41, 5.74) is 6.93. The van der Waals surface area contributed by atoms with E-state index in [0.29, 0.717) is 4.43 Å². The zero-order chi connectivity index (χ0) is 9.19. The van der Waals surface area contributed by atoms with Crippen LogP contribution in [-0.2, 0) is 4.74 Å². The van der Waals surface area contributed by atoms with Gasteiger partial charge in [-0.25, -0.2) is 0 Å². The van der Waals surface area contributed by atoms with Crippen molar-refractivity contribution in [3.63, 3.8) is 0 Å². The van der Waals surface area contributed by atoms with Crippen molar-refractivity contribution in [2.24, 2.45) is 5.11 Å². The van der Waals surface area contributed by atoms with Crippen molar-refractivity contribution in [1.82, 2.24) is 0 Å². The highest BCUT2D eigenvalue weighted by molar-refractivity contribution is 14.1. The van der Waals surface area contributed by atoms with Gasteiger partial charge in [0.1, 0.15) is 12.2 Å². The maximum absolute atomic E-state index is 9.39. The minimum Gasteiger partial charge on any atom is -0.388 e. The van der Waals surface area contributed by atoms with E-state index in [0.717, 1.165) is 0 Å². The van der Waals surface area contributed by atoms with Gasteiger partial charge >= 0.3 is 0 Å². The van der Waals surface area contributed by atoms with Crippen LogP contribution in [-0.4, -0.2) is 39.2 Å². The molecule has 1 aliphatic heterocycles. The molecule has 1 heterocycles. The first-order valence-corrected chi connectivity index (χ1v) is 4.81. The largest absolute Gasteiger partial charge is 0.388 e. The minimum atomic E-state index is -1.28. The number of aliphatic hydroxyl groups is 2. The van der Waals surface area contributed by atoms with Crippen LogP contribution in [0.1, 0.15) is 0 Å². The number of rotatable bonds is 2. The van der Waals surface area contributed by atoms with E-state index in [2.05, 4.69) is 10.0 Å². The van der Waals surface area contributed by atoms with Gasteiger partial charge in [-0.05, 0) is 5.53 Å². The molecular weight excluding hydrogens is 277 g/mol. The van der Waals surface area contributed by atoms with Crippen LogP contribution < -0.4 is 0 Å². The molecule has 0 aromatic carbocycles. The topological polar surface area (TPSA) is 98.5 Å². The summed E-state index contributed by atoms with van der Waals surface area (Å²) in [6, 6.07) is 0.